The lowest BCUT2D eigenvalue weighted by atomic mass is 9.97. The van der Waals surface area contributed by atoms with Crippen LogP contribution in [0.5, 0.6) is 0 Å². The Labute approximate surface area is 258 Å². The molecule has 43 heavy (non-hydrogen) atoms. The second kappa shape index (κ2) is 13.9. The number of aliphatic hydroxyl groups excluding tert-OH is 1. The molecule has 3 rings (SSSR count). The van der Waals surface area contributed by atoms with E-state index in [4.69, 9.17) is 24.0 Å². The Morgan fingerprint density at radius 2 is 1.70 bits per heavy atom. The molecule has 0 aliphatic carbocycles. The summed E-state index contributed by atoms with van der Waals surface area (Å²) < 4.78 is 52.3. The first-order chi connectivity index (χ1) is 19.9. The van der Waals surface area contributed by atoms with Gasteiger partial charge in [0.1, 0.15) is 36.7 Å². The molecule has 0 bridgehead atoms. The number of hydrogen-bond donors (Lipinski definition) is 2. The lowest BCUT2D eigenvalue weighted by Crippen LogP contribution is -2.44. The maximum Gasteiger partial charge on any atom is 0.474 e. The highest BCUT2D eigenvalue weighted by atomic mass is 32.2. The van der Waals surface area contributed by atoms with Crippen molar-refractivity contribution in [3.05, 3.63) is 24.2 Å². The average molecular weight is 662 g/mol. The first-order valence-electron chi connectivity index (χ1n) is 13.3. The highest BCUT2D eigenvalue weighted by Crippen LogP contribution is 2.52. The molecule has 3 heterocycles. The number of thioether (sulfide) groups is 2. The summed E-state index contributed by atoms with van der Waals surface area (Å²) in [6.45, 7) is 9.21. The van der Waals surface area contributed by atoms with E-state index in [0.29, 0.717) is 5.52 Å². The number of hydrogen-bond acceptors (Lipinski definition) is 14. The number of anilines is 1. The molecule has 0 aromatic carbocycles. The summed E-state index contributed by atoms with van der Waals surface area (Å²) in [5, 5.41) is 24.6. The van der Waals surface area contributed by atoms with E-state index in [0.717, 1.165) is 29.9 Å². The zero-order chi connectivity index (χ0) is 32.2. The van der Waals surface area contributed by atoms with Crippen LogP contribution in [-0.2, 0) is 32.5 Å². The maximum atomic E-state index is 15.4. The van der Waals surface area contributed by atoms with Crippen LogP contribution in [0.1, 0.15) is 53.3 Å². The summed E-state index contributed by atoms with van der Waals surface area (Å²) in [5.41, 5.74) is 2.87. The number of aliphatic hydroxyl groups is 1. The van der Waals surface area contributed by atoms with Crippen LogP contribution in [0, 0.1) is 22.2 Å². The van der Waals surface area contributed by atoms with E-state index in [-0.39, 0.29) is 46.5 Å². The number of nitriles is 1. The van der Waals surface area contributed by atoms with Crippen molar-refractivity contribution < 1.29 is 42.0 Å². The Morgan fingerprint density at radius 3 is 2.21 bits per heavy atom. The minimum absolute atomic E-state index is 0.110. The van der Waals surface area contributed by atoms with Crippen molar-refractivity contribution in [2.24, 2.45) is 10.8 Å². The fourth-order valence-electron chi connectivity index (χ4n) is 3.73. The van der Waals surface area contributed by atoms with Gasteiger partial charge in [0.25, 0.3) is 0 Å². The van der Waals surface area contributed by atoms with E-state index >= 15 is 4.39 Å². The first kappa shape index (κ1) is 35.4. The van der Waals surface area contributed by atoms with Gasteiger partial charge < -0.3 is 15.6 Å². The summed E-state index contributed by atoms with van der Waals surface area (Å²) in [7, 11) is -4.46. The number of carbonyl (C=O) groups excluding carboxylic acids is 2. The quantitative estimate of drug-likeness (QED) is 0.244. The van der Waals surface area contributed by atoms with E-state index in [2.05, 4.69) is 10.1 Å². The number of rotatable bonds is 12. The highest BCUT2D eigenvalue weighted by Gasteiger charge is 2.58. The molecule has 2 aromatic heterocycles. The van der Waals surface area contributed by atoms with Crippen LogP contribution in [0.2, 0.25) is 0 Å². The number of phosphoric ester groups is 1. The van der Waals surface area contributed by atoms with Crippen molar-refractivity contribution in [3.8, 4) is 6.07 Å². The van der Waals surface area contributed by atoms with Crippen molar-refractivity contribution in [2.75, 3.05) is 37.1 Å². The number of phosphoric acid groups is 1. The Morgan fingerprint density at radius 1 is 1.14 bits per heavy atom. The third kappa shape index (κ3) is 8.55. The SMILES string of the molecule is CC(C)(C)C(=O)SCCOP(=O)(OCCSC(=O)C(C)(C)C)OC[C@@]1(C#N)O[C@@H](c2ccc3c(N)ncnn23)[C@H](F)[C@@H]1O. The van der Waals surface area contributed by atoms with Gasteiger partial charge in [-0.2, -0.15) is 10.4 Å². The van der Waals surface area contributed by atoms with Gasteiger partial charge in [0, 0.05) is 22.3 Å². The lowest BCUT2D eigenvalue weighted by molar-refractivity contribution is -0.118. The molecule has 13 nitrogen and oxygen atoms in total. The Balaban J connectivity index is 1.74. The summed E-state index contributed by atoms with van der Waals surface area (Å²) >= 11 is 1.95. The minimum atomic E-state index is -4.46. The highest BCUT2D eigenvalue weighted by molar-refractivity contribution is 8.14. The molecule has 3 N–H and O–H groups in total. The molecule has 0 spiro atoms. The van der Waals surface area contributed by atoms with Crippen molar-refractivity contribution in [2.45, 2.75) is 65.5 Å². The van der Waals surface area contributed by atoms with Gasteiger partial charge in [0.2, 0.25) is 5.60 Å². The Kier molecular flexibility index (Phi) is 11.4. The van der Waals surface area contributed by atoms with Gasteiger partial charge in [-0.3, -0.25) is 23.2 Å². The number of alkyl halides is 1. The predicted octanol–water partition coefficient (Wildman–Crippen LogP) is 4.11. The standard InChI is InChI=1S/C26H37FN5O8PS2/c1-24(2,3)22(34)42-11-9-37-41(36,38-10-12-43-23(35)25(4,5)6)39-14-26(13-28)20(33)18(27)19(40-26)16-7-8-17-21(29)30-15-31-32(16)17/h7-8,15,18-20,33H,9-12,14H2,1-6H3,(H2,29,30,31)/t18-,19-,20-,26+/m0/s1. The third-order valence-electron chi connectivity index (χ3n) is 6.19. The van der Waals surface area contributed by atoms with E-state index < -0.39 is 49.2 Å². The molecule has 0 saturated carbocycles. The number of halogens is 1. The predicted molar refractivity (Wildman–Crippen MR) is 160 cm³/mol. The fraction of sp³-hybridized carbons (Fsp3) is 0.654. The molecular formula is C26H37FN5O8PS2. The van der Waals surface area contributed by atoms with E-state index in [1.165, 1.54) is 16.6 Å². The van der Waals surface area contributed by atoms with Gasteiger partial charge in [-0.05, 0) is 12.1 Å². The third-order valence-corrected chi connectivity index (χ3v) is 10.1. The molecule has 1 saturated heterocycles. The molecule has 1 aliphatic rings. The van der Waals surface area contributed by atoms with Crippen LogP contribution >= 0.6 is 31.3 Å². The van der Waals surface area contributed by atoms with Crippen molar-refractivity contribution in [3.63, 3.8) is 0 Å². The van der Waals surface area contributed by atoms with Crippen LogP contribution < -0.4 is 5.73 Å². The van der Waals surface area contributed by atoms with Crippen LogP contribution in [0.15, 0.2) is 18.5 Å². The van der Waals surface area contributed by atoms with Gasteiger partial charge >= 0.3 is 7.82 Å². The molecule has 0 unspecified atom stereocenters. The molecule has 2 aromatic rings. The van der Waals surface area contributed by atoms with Crippen LogP contribution in [0.25, 0.3) is 5.52 Å². The number of nitrogen functional groups attached to an aromatic ring is 1. The Bertz CT molecular complexity index is 1370. The van der Waals surface area contributed by atoms with Crippen molar-refractivity contribution in [1.29, 1.82) is 5.26 Å². The number of carbonyl (C=O) groups is 2. The average Bonchev–Trinajstić information content (AvgIpc) is 3.47. The van der Waals surface area contributed by atoms with Gasteiger partial charge in [-0.25, -0.2) is 18.5 Å². The molecule has 0 radical (unpaired) electrons. The summed E-state index contributed by atoms with van der Waals surface area (Å²) in [4.78, 5) is 28.3. The lowest BCUT2D eigenvalue weighted by Gasteiger charge is -2.26. The van der Waals surface area contributed by atoms with Crippen molar-refractivity contribution in [1.82, 2.24) is 14.6 Å². The monoisotopic (exact) mass is 661 g/mol. The number of ether oxygens (including phenoxy) is 1. The number of fused-ring (bicyclic) bond motifs is 1. The largest absolute Gasteiger partial charge is 0.474 e. The van der Waals surface area contributed by atoms with Gasteiger partial charge in [0.05, 0.1) is 18.9 Å². The first-order valence-corrected chi connectivity index (χ1v) is 16.7. The fourth-order valence-corrected chi connectivity index (χ4v) is 6.75. The molecule has 0 amide bonds. The van der Waals surface area contributed by atoms with Gasteiger partial charge in [-0.15, -0.1) is 0 Å². The summed E-state index contributed by atoms with van der Waals surface area (Å²) in [6, 6.07) is 4.76. The zero-order valence-electron chi connectivity index (χ0n) is 24.8. The molecular weight excluding hydrogens is 624 g/mol. The second-order valence-corrected chi connectivity index (χ2v) is 15.6. The number of nitrogens with zero attached hydrogens (tertiary/aromatic N) is 4. The second-order valence-electron chi connectivity index (χ2n) is 11.8. The van der Waals surface area contributed by atoms with Gasteiger partial charge in [-0.1, -0.05) is 65.1 Å². The van der Waals surface area contributed by atoms with Crippen LogP contribution in [0.4, 0.5) is 10.2 Å². The molecule has 17 heteroatoms. The van der Waals surface area contributed by atoms with E-state index in [1.807, 2.05) is 0 Å². The normalized spacial score (nSPS) is 23.0. The topological polar surface area (TPSA) is 188 Å². The molecule has 1 fully saturated rings. The van der Waals surface area contributed by atoms with Crippen molar-refractivity contribution >= 4 is 52.9 Å². The zero-order valence-corrected chi connectivity index (χ0v) is 27.3. The molecule has 4 atom stereocenters. The van der Waals surface area contributed by atoms with Gasteiger partial charge in [0.15, 0.2) is 22.2 Å². The van der Waals surface area contributed by atoms with E-state index in [9.17, 15) is 24.5 Å². The minimum Gasteiger partial charge on any atom is -0.386 e. The van der Waals surface area contributed by atoms with Crippen LogP contribution in [-0.4, -0.2) is 79.1 Å². The van der Waals surface area contributed by atoms with E-state index in [1.54, 1.807) is 47.6 Å². The number of nitrogens with two attached hydrogens (primary N) is 1. The summed E-state index contributed by atoms with van der Waals surface area (Å²) in [6.07, 6.45) is -4.41. The molecule has 238 valence electrons. The summed E-state index contributed by atoms with van der Waals surface area (Å²) in [5.74, 6) is 0.367. The number of aromatic nitrogens is 3. The smallest absolute Gasteiger partial charge is 0.386 e. The molecule has 1 aliphatic heterocycles. The van der Waals surface area contributed by atoms with Crippen LogP contribution in [0.3, 0.4) is 0 Å². The maximum absolute atomic E-state index is 15.4. The Hall–Kier alpha value is -2.09.